The average molecular weight is 449 g/mol. The number of amides is 1. The van der Waals surface area contributed by atoms with Crippen molar-refractivity contribution < 1.29 is 13.7 Å². The minimum Gasteiger partial charge on any atom is -0.360 e. The fraction of sp³-hybridized carbons (Fsp3) is 0.500. The molecule has 0 saturated heterocycles. The number of benzene rings is 1. The van der Waals surface area contributed by atoms with Crippen LogP contribution in [0.1, 0.15) is 79.0 Å². The van der Waals surface area contributed by atoms with Gasteiger partial charge in [0, 0.05) is 23.6 Å². The molecule has 0 aliphatic heterocycles. The van der Waals surface area contributed by atoms with E-state index >= 15 is 0 Å². The van der Waals surface area contributed by atoms with Gasteiger partial charge in [-0.05, 0) is 85.5 Å². The number of halogens is 1. The van der Waals surface area contributed by atoms with Gasteiger partial charge in [-0.25, -0.2) is 4.39 Å². The summed E-state index contributed by atoms with van der Waals surface area (Å²) in [6.07, 6.45) is 7.04. The van der Waals surface area contributed by atoms with Crippen LogP contribution in [-0.2, 0) is 16.6 Å². The first-order valence-electron chi connectivity index (χ1n) is 12.0. The Labute approximate surface area is 192 Å². The highest BCUT2D eigenvalue weighted by Crippen LogP contribution is 2.64. The van der Waals surface area contributed by atoms with Crippen LogP contribution in [0.2, 0.25) is 0 Å². The molecule has 2 heterocycles. The number of hydrogen-bond donors (Lipinski definition) is 2. The number of carbonyl (C=O) groups is 1. The predicted molar refractivity (Wildman–Crippen MR) is 121 cm³/mol. The maximum atomic E-state index is 14.5. The summed E-state index contributed by atoms with van der Waals surface area (Å²) < 4.78 is 19.6. The van der Waals surface area contributed by atoms with Gasteiger partial charge >= 0.3 is 0 Å². The second-order valence-corrected chi connectivity index (χ2v) is 10.3. The lowest BCUT2D eigenvalue weighted by Gasteiger charge is -2.50. The zero-order valence-corrected chi connectivity index (χ0v) is 19.0. The number of anilines is 1. The van der Waals surface area contributed by atoms with Crippen LogP contribution < -0.4 is 5.32 Å². The van der Waals surface area contributed by atoms with Gasteiger partial charge in [0.2, 0.25) is 5.91 Å². The van der Waals surface area contributed by atoms with Gasteiger partial charge in [-0.3, -0.25) is 9.89 Å². The third-order valence-corrected chi connectivity index (χ3v) is 8.62. The summed E-state index contributed by atoms with van der Waals surface area (Å²) in [5.74, 6) is 2.56. The average Bonchev–Trinajstić information content (AvgIpc) is 3.49. The summed E-state index contributed by atoms with van der Waals surface area (Å²) in [5.41, 5.74) is 4.65. The molecule has 5 atom stereocenters. The quantitative estimate of drug-likeness (QED) is 0.562. The Morgan fingerprint density at radius 3 is 3.03 bits per heavy atom. The minimum absolute atomic E-state index is 0.0161. The van der Waals surface area contributed by atoms with Crippen molar-refractivity contribution in [2.75, 3.05) is 5.32 Å². The molecule has 3 aliphatic carbocycles. The number of rotatable bonds is 4. The smallest absolute Gasteiger partial charge is 0.225 e. The first-order chi connectivity index (χ1) is 16.0. The van der Waals surface area contributed by atoms with Gasteiger partial charge in [0.25, 0.3) is 0 Å². The van der Waals surface area contributed by atoms with Crippen molar-refractivity contribution in [2.45, 2.75) is 69.6 Å². The molecule has 1 fully saturated rings. The van der Waals surface area contributed by atoms with Crippen molar-refractivity contribution in [3.05, 3.63) is 64.4 Å². The van der Waals surface area contributed by atoms with E-state index in [4.69, 9.17) is 4.52 Å². The molecule has 172 valence electrons. The highest BCUT2D eigenvalue weighted by molar-refractivity contribution is 5.89. The maximum absolute atomic E-state index is 14.5. The Bertz CT molecular complexity index is 1220. The molecule has 6 rings (SSSR count). The van der Waals surface area contributed by atoms with Crippen LogP contribution in [0.3, 0.4) is 0 Å². The lowest BCUT2D eigenvalue weighted by Crippen LogP contribution is -2.44. The largest absolute Gasteiger partial charge is 0.360 e. The van der Waals surface area contributed by atoms with Crippen molar-refractivity contribution in [2.24, 2.45) is 11.8 Å². The van der Waals surface area contributed by atoms with Crippen molar-refractivity contribution in [3.8, 4) is 0 Å². The van der Waals surface area contributed by atoms with Crippen LogP contribution >= 0.6 is 0 Å². The van der Waals surface area contributed by atoms with Gasteiger partial charge in [-0.2, -0.15) is 5.10 Å². The molecular weight excluding hydrogens is 419 g/mol. The monoisotopic (exact) mass is 448 g/mol. The van der Waals surface area contributed by atoms with Gasteiger partial charge in [0.15, 0.2) is 5.82 Å². The molecule has 3 aromatic rings. The van der Waals surface area contributed by atoms with Crippen molar-refractivity contribution in [1.82, 2.24) is 15.4 Å². The second kappa shape index (κ2) is 7.54. The Kier molecular flexibility index (Phi) is 4.71. The van der Waals surface area contributed by atoms with E-state index in [9.17, 15) is 9.18 Å². The molecule has 2 N–H and O–H groups in total. The molecule has 6 nitrogen and oxygen atoms in total. The number of fused-ring (bicyclic) bond motifs is 7. The highest BCUT2D eigenvalue weighted by atomic mass is 19.1. The van der Waals surface area contributed by atoms with Gasteiger partial charge in [0.05, 0.1) is 6.20 Å². The van der Waals surface area contributed by atoms with Gasteiger partial charge in [-0.15, -0.1) is 0 Å². The number of carbonyl (C=O) groups excluding carboxylic acids is 1. The molecule has 1 amide bonds. The van der Waals surface area contributed by atoms with E-state index in [2.05, 4.69) is 33.7 Å². The summed E-state index contributed by atoms with van der Waals surface area (Å²) >= 11 is 0. The first kappa shape index (κ1) is 20.6. The van der Waals surface area contributed by atoms with E-state index in [1.54, 1.807) is 19.1 Å². The van der Waals surface area contributed by atoms with E-state index < -0.39 is 0 Å². The minimum atomic E-state index is -0.0589. The van der Waals surface area contributed by atoms with Crippen LogP contribution in [0.4, 0.5) is 10.2 Å². The summed E-state index contributed by atoms with van der Waals surface area (Å²) in [5, 5.41) is 14.4. The van der Waals surface area contributed by atoms with Crippen molar-refractivity contribution in [1.29, 1.82) is 0 Å². The summed E-state index contributed by atoms with van der Waals surface area (Å²) in [4.78, 5) is 12.7. The normalized spacial score (nSPS) is 29.7. The van der Waals surface area contributed by atoms with Crippen molar-refractivity contribution in [3.63, 3.8) is 0 Å². The Balaban J connectivity index is 1.28. The third kappa shape index (κ3) is 3.15. The van der Waals surface area contributed by atoms with Gasteiger partial charge < -0.3 is 9.84 Å². The van der Waals surface area contributed by atoms with Crippen molar-refractivity contribution >= 4 is 11.7 Å². The van der Waals surface area contributed by atoms with Gasteiger partial charge in [0.1, 0.15) is 11.6 Å². The van der Waals surface area contributed by atoms with Crippen LogP contribution in [0.15, 0.2) is 35.0 Å². The topological polar surface area (TPSA) is 83.8 Å². The van der Waals surface area contributed by atoms with E-state index in [-0.39, 0.29) is 23.1 Å². The Hall–Kier alpha value is -2.96. The molecule has 3 aliphatic rings. The van der Waals surface area contributed by atoms with Crippen LogP contribution in [-0.4, -0.2) is 21.3 Å². The van der Waals surface area contributed by atoms with Gasteiger partial charge in [-0.1, -0.05) is 24.2 Å². The number of nitrogens with one attached hydrogen (secondary N) is 2. The highest BCUT2D eigenvalue weighted by Gasteiger charge is 2.57. The van der Waals surface area contributed by atoms with Crippen LogP contribution in [0.5, 0.6) is 0 Å². The first-order valence-corrected chi connectivity index (χ1v) is 12.0. The summed E-state index contributed by atoms with van der Waals surface area (Å²) in [7, 11) is 0. The fourth-order valence-electron chi connectivity index (χ4n) is 7.34. The molecule has 1 saturated carbocycles. The van der Waals surface area contributed by atoms with Crippen LogP contribution in [0.25, 0.3) is 0 Å². The molecule has 1 aromatic carbocycles. The Morgan fingerprint density at radius 1 is 1.33 bits per heavy atom. The zero-order valence-electron chi connectivity index (χ0n) is 19.0. The molecular formula is C26H29FN4O2. The molecule has 7 heteroatoms. The number of aromatic nitrogens is 3. The van der Waals surface area contributed by atoms with E-state index in [1.807, 2.05) is 12.3 Å². The third-order valence-electron chi connectivity index (χ3n) is 8.62. The molecule has 0 radical (unpaired) electrons. The second-order valence-electron chi connectivity index (χ2n) is 10.3. The summed E-state index contributed by atoms with van der Waals surface area (Å²) in [6.45, 7) is 4.17. The predicted octanol–water partition coefficient (Wildman–Crippen LogP) is 5.38. The molecule has 0 bridgehead atoms. The standard InChI is InChI=1S/C26H29FN4O2/c1-14-12-22(31-33-14)29-23(32)9-8-19-20-13-28-30-25(20)26(2)11-10-16-15-4-3-5-21(27)17(15)6-7-18(16)24(19)26/h3-5,12-13,16,18-19,24H,6-11H2,1-2H3,(H,28,30)(H,29,31,32)/t16?,18?,19-,24?,26+/m1/s1. The SMILES string of the molecule is Cc1cc(NC(=O)CC[C@@H]2c3cn[nH]c3[C@@]3(C)CCC4c5cccc(F)c5CCC4C23)no1. The molecule has 2 aromatic heterocycles. The number of hydrogen-bond acceptors (Lipinski definition) is 4. The Morgan fingerprint density at radius 2 is 2.21 bits per heavy atom. The van der Waals surface area contributed by atoms with E-state index in [1.165, 1.54) is 16.8 Å². The summed E-state index contributed by atoms with van der Waals surface area (Å²) in [6, 6.07) is 7.31. The number of aryl methyl sites for hydroxylation is 1. The number of aromatic amines is 1. The lowest BCUT2D eigenvalue weighted by atomic mass is 9.53. The zero-order chi connectivity index (χ0) is 22.7. The fourth-order valence-corrected chi connectivity index (χ4v) is 7.34. The molecule has 3 unspecified atom stereocenters. The maximum Gasteiger partial charge on any atom is 0.225 e. The number of nitrogens with zero attached hydrogens (tertiary/aromatic N) is 2. The van der Waals surface area contributed by atoms with E-state index in [0.717, 1.165) is 37.7 Å². The molecule has 0 spiro atoms. The number of H-pyrrole nitrogens is 1. The van der Waals surface area contributed by atoms with E-state index in [0.29, 0.717) is 35.8 Å². The van der Waals surface area contributed by atoms with Crippen LogP contribution in [0, 0.1) is 24.6 Å². The molecule has 33 heavy (non-hydrogen) atoms. The lowest BCUT2D eigenvalue weighted by molar-refractivity contribution is -0.116.